The molecule has 0 fully saturated rings. The first-order chi connectivity index (χ1) is 11.0. The van der Waals surface area contributed by atoms with Crippen LogP contribution in [0.2, 0.25) is 0 Å². The predicted molar refractivity (Wildman–Crippen MR) is 87.6 cm³/mol. The lowest BCUT2D eigenvalue weighted by Crippen LogP contribution is -2.53. The number of fused-ring (bicyclic) bond motifs is 1. The Morgan fingerprint density at radius 2 is 1.70 bits per heavy atom. The van der Waals surface area contributed by atoms with E-state index in [0.717, 1.165) is 11.3 Å². The van der Waals surface area contributed by atoms with Gasteiger partial charge in [0.15, 0.2) is 0 Å². The van der Waals surface area contributed by atoms with Crippen LogP contribution in [-0.4, -0.2) is 36.2 Å². The third-order valence-corrected chi connectivity index (χ3v) is 4.00. The van der Waals surface area contributed by atoms with Gasteiger partial charge in [-0.05, 0) is 23.8 Å². The van der Waals surface area contributed by atoms with Gasteiger partial charge in [-0.3, -0.25) is 9.91 Å². The number of carbonyl (C=O) groups is 2. The summed E-state index contributed by atoms with van der Waals surface area (Å²) in [6, 6.07) is 14.2. The molecule has 0 saturated carbocycles. The second kappa shape index (κ2) is 5.64. The van der Waals surface area contributed by atoms with Crippen LogP contribution in [0.3, 0.4) is 0 Å². The highest BCUT2D eigenvalue weighted by Crippen LogP contribution is 2.36. The number of amides is 2. The lowest BCUT2D eigenvalue weighted by Gasteiger charge is -2.42. The molecule has 2 amide bonds. The van der Waals surface area contributed by atoms with Gasteiger partial charge in [0.2, 0.25) is 0 Å². The lowest BCUT2D eigenvalue weighted by molar-refractivity contribution is 0.0697. The first kappa shape index (κ1) is 14.9. The standard InChI is InChI=1S/C17H17N3O3/c1-18-14-9-8-13(16(21)22)10-15(14)20(17(23)19(18)2)11-12-6-4-3-5-7-12/h3-10H,11H2,1-2H3,(H,21,22). The van der Waals surface area contributed by atoms with Crippen LogP contribution in [0.25, 0.3) is 0 Å². The number of anilines is 2. The molecule has 2 aromatic carbocycles. The van der Waals surface area contributed by atoms with E-state index in [0.29, 0.717) is 12.2 Å². The van der Waals surface area contributed by atoms with Gasteiger partial charge in [-0.25, -0.2) is 14.6 Å². The fourth-order valence-electron chi connectivity index (χ4n) is 2.63. The molecular formula is C17H17N3O3. The number of carboxylic acids is 1. The normalized spacial score (nSPS) is 14.0. The van der Waals surface area contributed by atoms with E-state index in [1.807, 2.05) is 30.3 Å². The monoisotopic (exact) mass is 311 g/mol. The summed E-state index contributed by atoms with van der Waals surface area (Å²) in [5.41, 5.74) is 2.52. The van der Waals surface area contributed by atoms with Crippen LogP contribution in [0.15, 0.2) is 48.5 Å². The molecule has 2 aromatic rings. The quantitative estimate of drug-likeness (QED) is 0.946. The highest BCUT2D eigenvalue weighted by Gasteiger charge is 2.32. The van der Waals surface area contributed by atoms with Crippen LogP contribution >= 0.6 is 0 Å². The van der Waals surface area contributed by atoms with E-state index < -0.39 is 5.97 Å². The molecule has 1 heterocycles. The molecular weight excluding hydrogens is 294 g/mol. The van der Waals surface area contributed by atoms with Gasteiger partial charge < -0.3 is 5.11 Å². The van der Waals surface area contributed by atoms with Crippen molar-refractivity contribution in [3.05, 3.63) is 59.7 Å². The molecule has 118 valence electrons. The first-order valence-electron chi connectivity index (χ1n) is 7.19. The zero-order valence-electron chi connectivity index (χ0n) is 12.9. The highest BCUT2D eigenvalue weighted by atomic mass is 16.4. The third kappa shape index (κ3) is 2.59. The number of rotatable bonds is 3. The average Bonchev–Trinajstić information content (AvgIpc) is 2.57. The third-order valence-electron chi connectivity index (χ3n) is 4.00. The van der Waals surface area contributed by atoms with Crippen molar-refractivity contribution in [2.75, 3.05) is 24.0 Å². The lowest BCUT2D eigenvalue weighted by atomic mass is 10.1. The van der Waals surface area contributed by atoms with Crippen molar-refractivity contribution < 1.29 is 14.7 Å². The molecule has 23 heavy (non-hydrogen) atoms. The van der Waals surface area contributed by atoms with Gasteiger partial charge in [-0.15, -0.1) is 0 Å². The largest absolute Gasteiger partial charge is 0.478 e. The Morgan fingerprint density at radius 1 is 1.00 bits per heavy atom. The van der Waals surface area contributed by atoms with Crippen molar-refractivity contribution >= 4 is 23.4 Å². The van der Waals surface area contributed by atoms with Crippen LogP contribution in [0, 0.1) is 0 Å². The number of nitrogens with zero attached hydrogens (tertiary/aromatic N) is 3. The summed E-state index contributed by atoms with van der Waals surface area (Å²) in [5, 5.41) is 12.4. The van der Waals surface area contributed by atoms with Gasteiger partial charge in [-0.2, -0.15) is 0 Å². The fraction of sp³-hybridized carbons (Fsp3) is 0.176. The molecule has 0 saturated heterocycles. The van der Waals surface area contributed by atoms with Gasteiger partial charge in [0.25, 0.3) is 0 Å². The average molecular weight is 311 g/mol. The molecule has 1 aliphatic heterocycles. The molecule has 0 bridgehead atoms. The highest BCUT2D eigenvalue weighted by molar-refractivity contribution is 6.01. The summed E-state index contributed by atoms with van der Waals surface area (Å²) < 4.78 is 0. The maximum Gasteiger partial charge on any atom is 0.343 e. The number of benzene rings is 2. The summed E-state index contributed by atoms with van der Waals surface area (Å²) in [5.74, 6) is -1.01. The molecule has 6 heteroatoms. The summed E-state index contributed by atoms with van der Waals surface area (Å²) in [4.78, 5) is 25.5. The SMILES string of the molecule is CN1C(=O)N(Cc2ccccc2)c2cc(C(=O)O)ccc2N1C. The molecule has 6 nitrogen and oxygen atoms in total. The zero-order valence-corrected chi connectivity index (χ0v) is 12.9. The summed E-state index contributed by atoms with van der Waals surface area (Å²) >= 11 is 0. The molecule has 1 aliphatic rings. The van der Waals surface area contributed by atoms with Crippen LogP contribution < -0.4 is 9.91 Å². The van der Waals surface area contributed by atoms with Gasteiger partial charge in [0.05, 0.1) is 23.5 Å². The van der Waals surface area contributed by atoms with Crippen molar-refractivity contribution in [3.63, 3.8) is 0 Å². The van der Waals surface area contributed by atoms with Crippen molar-refractivity contribution in [2.24, 2.45) is 0 Å². The Balaban J connectivity index is 2.08. The number of hydrogen-bond donors (Lipinski definition) is 1. The first-order valence-corrected chi connectivity index (χ1v) is 7.19. The van der Waals surface area contributed by atoms with Crippen LogP contribution in [0.1, 0.15) is 15.9 Å². The van der Waals surface area contributed by atoms with Crippen molar-refractivity contribution in [1.29, 1.82) is 0 Å². The Hall–Kier alpha value is -3.02. The minimum absolute atomic E-state index is 0.160. The number of hydrazine groups is 1. The van der Waals surface area contributed by atoms with Gasteiger partial charge >= 0.3 is 12.0 Å². The summed E-state index contributed by atoms with van der Waals surface area (Å²) in [6.45, 7) is 0.383. The maximum atomic E-state index is 12.6. The van der Waals surface area contributed by atoms with Crippen LogP contribution in [0.5, 0.6) is 0 Å². The summed E-state index contributed by atoms with van der Waals surface area (Å²) in [7, 11) is 3.46. The van der Waals surface area contributed by atoms with E-state index >= 15 is 0 Å². The molecule has 0 spiro atoms. The molecule has 0 radical (unpaired) electrons. The number of carboxylic acid groups (broad SMARTS) is 1. The predicted octanol–water partition coefficient (Wildman–Crippen LogP) is 2.81. The molecule has 0 aromatic heterocycles. The second-order valence-electron chi connectivity index (χ2n) is 5.41. The molecule has 0 aliphatic carbocycles. The fourth-order valence-corrected chi connectivity index (χ4v) is 2.63. The van der Waals surface area contributed by atoms with E-state index in [9.17, 15) is 14.7 Å². The Bertz CT molecular complexity index is 761. The van der Waals surface area contributed by atoms with Crippen LogP contribution in [0.4, 0.5) is 16.2 Å². The van der Waals surface area contributed by atoms with Gasteiger partial charge in [-0.1, -0.05) is 30.3 Å². The van der Waals surface area contributed by atoms with Crippen molar-refractivity contribution in [1.82, 2.24) is 5.01 Å². The van der Waals surface area contributed by atoms with Crippen molar-refractivity contribution in [3.8, 4) is 0 Å². The molecule has 0 atom stereocenters. The smallest absolute Gasteiger partial charge is 0.343 e. The van der Waals surface area contributed by atoms with E-state index in [1.54, 1.807) is 42.2 Å². The van der Waals surface area contributed by atoms with E-state index in [4.69, 9.17) is 0 Å². The minimum atomic E-state index is -1.01. The van der Waals surface area contributed by atoms with Gasteiger partial charge in [0, 0.05) is 14.1 Å². The number of hydrogen-bond acceptors (Lipinski definition) is 3. The van der Waals surface area contributed by atoms with E-state index in [2.05, 4.69) is 0 Å². The number of aromatic carboxylic acids is 1. The number of carbonyl (C=O) groups excluding carboxylic acids is 1. The van der Waals surface area contributed by atoms with E-state index in [-0.39, 0.29) is 11.6 Å². The van der Waals surface area contributed by atoms with Crippen LogP contribution in [-0.2, 0) is 6.54 Å². The van der Waals surface area contributed by atoms with E-state index in [1.165, 1.54) is 5.01 Å². The Kier molecular flexibility index (Phi) is 3.65. The molecule has 1 N–H and O–H groups in total. The molecule has 0 unspecified atom stereocenters. The number of urea groups is 1. The van der Waals surface area contributed by atoms with Gasteiger partial charge in [0.1, 0.15) is 0 Å². The zero-order chi connectivity index (χ0) is 16.6. The minimum Gasteiger partial charge on any atom is -0.478 e. The maximum absolute atomic E-state index is 12.6. The molecule has 3 rings (SSSR count). The second-order valence-corrected chi connectivity index (χ2v) is 5.41. The summed E-state index contributed by atoms with van der Waals surface area (Å²) in [6.07, 6.45) is 0. The van der Waals surface area contributed by atoms with Crippen molar-refractivity contribution in [2.45, 2.75) is 6.54 Å². The Morgan fingerprint density at radius 3 is 2.35 bits per heavy atom. The topological polar surface area (TPSA) is 64.1 Å². The Labute approximate surface area is 134 Å².